The quantitative estimate of drug-likeness (QED) is 0.0413. The molecule has 1 aliphatic heterocycles. The van der Waals surface area contributed by atoms with E-state index in [0.717, 1.165) is 4.90 Å². The van der Waals surface area contributed by atoms with Crippen molar-refractivity contribution >= 4 is 92.2 Å². The largest absolute Gasteiger partial charge is 0.384 e. The number of rotatable bonds is 15. The van der Waals surface area contributed by atoms with Gasteiger partial charge in [0.15, 0.2) is 5.43 Å². The average Bonchev–Trinajstić information content (AvgIpc) is 3.12. The average molecular weight is 796 g/mol. The Bertz CT molecular complexity index is 2390. The maximum Gasteiger partial charge on any atom is 0.270 e. The number of carbonyl (C=O) groups excluding carboxylic acids is 3. The van der Waals surface area contributed by atoms with Crippen LogP contribution in [0.1, 0.15) is 43.9 Å². The van der Waals surface area contributed by atoms with Gasteiger partial charge in [-0.05, 0) is 76.7 Å². The van der Waals surface area contributed by atoms with Gasteiger partial charge in [-0.3, -0.25) is 44.3 Å². The van der Waals surface area contributed by atoms with Crippen LogP contribution in [0.25, 0.3) is 32.6 Å². The van der Waals surface area contributed by atoms with Gasteiger partial charge in [-0.15, -0.1) is 24.8 Å². The molecule has 1 aromatic heterocycles. The number of H-pyrrole nitrogens is 1. The fourth-order valence-corrected chi connectivity index (χ4v) is 6.64. The third-order valence-corrected chi connectivity index (χ3v) is 9.32. The highest BCUT2D eigenvalue weighted by Crippen LogP contribution is 2.34. The van der Waals surface area contributed by atoms with Crippen LogP contribution < -0.4 is 16.1 Å². The zero-order valence-electron chi connectivity index (χ0n) is 30.2. The summed E-state index contributed by atoms with van der Waals surface area (Å²) >= 11 is 0. The van der Waals surface area contributed by atoms with Crippen LogP contribution in [0, 0.1) is 20.2 Å². The Morgan fingerprint density at radius 2 is 1.51 bits per heavy atom. The predicted molar refractivity (Wildman–Crippen MR) is 215 cm³/mol. The molecule has 0 aliphatic carbocycles. The number of hydrogen-bond acceptors (Lipinski definition) is 11. The summed E-state index contributed by atoms with van der Waals surface area (Å²) < 4.78 is 0. The van der Waals surface area contributed by atoms with Crippen LogP contribution in [-0.2, 0) is 0 Å². The summed E-state index contributed by atoms with van der Waals surface area (Å²) in [6.07, 6.45) is 1.11. The molecule has 2 heterocycles. The fraction of sp³-hybridized carbons (Fsp3) is 0.297. The Morgan fingerprint density at radius 1 is 0.800 bits per heavy atom. The molecule has 1 aliphatic rings. The first kappa shape index (κ1) is 42.1. The smallest absolute Gasteiger partial charge is 0.270 e. The number of hydrogen-bond donors (Lipinski definition) is 3. The number of aromatic amines is 1. The molecule has 0 fully saturated rings. The van der Waals surface area contributed by atoms with Crippen LogP contribution in [0.3, 0.4) is 0 Å². The van der Waals surface area contributed by atoms with Gasteiger partial charge in [-0.25, -0.2) is 0 Å². The number of fused-ring (bicyclic) bond motifs is 2. The summed E-state index contributed by atoms with van der Waals surface area (Å²) in [6.45, 7) is 2.77. The number of carbonyl (C=O) groups is 3. The molecule has 3 N–H and O–H groups in total. The highest BCUT2D eigenvalue weighted by atomic mass is 35.5. The first-order chi connectivity index (χ1) is 25.3. The van der Waals surface area contributed by atoms with E-state index in [-0.39, 0.29) is 70.5 Å². The number of nitro benzene ring substituents is 2. The lowest BCUT2D eigenvalue weighted by Crippen LogP contribution is -2.41. The van der Waals surface area contributed by atoms with Gasteiger partial charge >= 0.3 is 0 Å². The molecule has 16 nitrogen and oxygen atoms in total. The van der Waals surface area contributed by atoms with Crippen LogP contribution in [0.2, 0.25) is 0 Å². The Morgan fingerprint density at radius 3 is 2.22 bits per heavy atom. The SMILES string of the molecule is CN(C)CCNC(=O)c1ccc(NCCCN(C)CCCN2C(=O)c3cccc4cc([N+](=O)[O-])cc(c34)C2=O)c2c(=O)c3cc([N+](=O)[O-])ccc3[nH]c12.Cl.Cl. The van der Waals surface area contributed by atoms with Crippen LogP contribution in [-0.4, -0.2) is 108 Å². The zero-order valence-corrected chi connectivity index (χ0v) is 31.9. The van der Waals surface area contributed by atoms with E-state index >= 15 is 0 Å². The Balaban J connectivity index is 0.00000336. The normalized spacial score (nSPS) is 12.3. The summed E-state index contributed by atoms with van der Waals surface area (Å²) in [7, 11) is 5.68. The van der Waals surface area contributed by atoms with Gasteiger partial charge in [-0.2, -0.15) is 0 Å². The van der Waals surface area contributed by atoms with Crippen LogP contribution in [0.5, 0.6) is 0 Å². The van der Waals surface area contributed by atoms with E-state index in [1.54, 1.807) is 30.3 Å². The lowest BCUT2D eigenvalue weighted by atomic mass is 9.93. The molecule has 290 valence electrons. The third kappa shape index (κ3) is 8.67. The number of imide groups is 1. The number of anilines is 1. The summed E-state index contributed by atoms with van der Waals surface area (Å²) in [4.78, 5) is 83.8. The minimum atomic E-state index is -0.566. The number of nitrogens with one attached hydrogen (secondary N) is 3. The van der Waals surface area contributed by atoms with E-state index in [2.05, 4.69) is 15.6 Å². The molecule has 0 saturated carbocycles. The molecule has 3 amide bonds. The summed E-state index contributed by atoms with van der Waals surface area (Å²) in [6, 6.07) is 14.8. The van der Waals surface area contributed by atoms with E-state index in [1.807, 2.05) is 30.9 Å². The van der Waals surface area contributed by atoms with E-state index in [0.29, 0.717) is 78.6 Å². The van der Waals surface area contributed by atoms with E-state index < -0.39 is 27.1 Å². The second-order valence-corrected chi connectivity index (χ2v) is 13.3. The Kier molecular flexibility index (Phi) is 13.5. The fourth-order valence-electron chi connectivity index (χ4n) is 6.64. The van der Waals surface area contributed by atoms with Crippen molar-refractivity contribution in [1.29, 1.82) is 0 Å². The molecule has 0 radical (unpaired) electrons. The molecular formula is C37H40Cl2N8O8. The van der Waals surface area contributed by atoms with Crippen LogP contribution >= 0.6 is 24.8 Å². The van der Waals surface area contributed by atoms with Crippen LogP contribution in [0.15, 0.2) is 65.5 Å². The van der Waals surface area contributed by atoms with Gasteiger partial charge in [0, 0.05) is 67.1 Å². The number of benzene rings is 4. The molecule has 18 heteroatoms. The van der Waals surface area contributed by atoms with Gasteiger partial charge in [0.1, 0.15) is 0 Å². The molecular weight excluding hydrogens is 755 g/mol. The van der Waals surface area contributed by atoms with Gasteiger partial charge in [-0.1, -0.05) is 12.1 Å². The summed E-state index contributed by atoms with van der Waals surface area (Å²) in [5.74, 6) is -1.36. The molecule has 4 aromatic carbocycles. The topological polar surface area (TPSA) is 204 Å². The molecule has 0 unspecified atom stereocenters. The number of pyridine rings is 1. The number of non-ortho nitro benzene ring substituents is 2. The minimum Gasteiger partial charge on any atom is -0.384 e. The number of likely N-dealkylation sites (N-methyl/N-ethyl adjacent to an activating group) is 1. The van der Waals surface area contributed by atoms with Crippen molar-refractivity contribution in [3.63, 3.8) is 0 Å². The van der Waals surface area contributed by atoms with Crippen molar-refractivity contribution in [3.05, 3.63) is 108 Å². The second kappa shape index (κ2) is 17.6. The molecule has 0 saturated heterocycles. The summed E-state index contributed by atoms with van der Waals surface area (Å²) in [5, 5.41) is 30.4. The lowest BCUT2D eigenvalue weighted by Gasteiger charge is -2.27. The molecule has 0 bridgehead atoms. The molecule has 0 spiro atoms. The van der Waals surface area contributed by atoms with Crippen molar-refractivity contribution in [2.75, 3.05) is 65.7 Å². The Hall–Kier alpha value is -5.68. The maximum absolute atomic E-state index is 13.9. The van der Waals surface area contributed by atoms with E-state index in [1.165, 1.54) is 30.3 Å². The van der Waals surface area contributed by atoms with Crippen molar-refractivity contribution in [2.24, 2.45) is 0 Å². The maximum atomic E-state index is 13.9. The van der Waals surface area contributed by atoms with Crippen molar-refractivity contribution in [2.45, 2.75) is 12.8 Å². The molecule has 0 atom stereocenters. The second-order valence-electron chi connectivity index (χ2n) is 13.3. The molecule has 6 rings (SSSR count). The van der Waals surface area contributed by atoms with Crippen molar-refractivity contribution in [1.82, 2.24) is 25.0 Å². The number of amides is 3. The number of aromatic nitrogens is 1. The Labute approximate surface area is 326 Å². The first-order valence-corrected chi connectivity index (χ1v) is 17.1. The third-order valence-electron chi connectivity index (χ3n) is 9.32. The monoisotopic (exact) mass is 794 g/mol. The predicted octanol–water partition coefficient (Wildman–Crippen LogP) is 5.21. The van der Waals surface area contributed by atoms with Crippen LogP contribution in [0.4, 0.5) is 17.1 Å². The van der Waals surface area contributed by atoms with Gasteiger partial charge in [0.05, 0.1) is 42.8 Å². The van der Waals surface area contributed by atoms with Gasteiger partial charge in [0.25, 0.3) is 29.1 Å². The van der Waals surface area contributed by atoms with E-state index in [4.69, 9.17) is 0 Å². The first-order valence-electron chi connectivity index (χ1n) is 17.1. The molecule has 5 aromatic rings. The zero-order chi connectivity index (χ0) is 38.0. The highest BCUT2D eigenvalue weighted by Gasteiger charge is 2.34. The van der Waals surface area contributed by atoms with E-state index in [9.17, 15) is 39.4 Å². The highest BCUT2D eigenvalue weighted by molar-refractivity contribution is 6.25. The minimum absolute atomic E-state index is 0. The standard InChI is InChI=1S/C37H38N8O8.2ClH/c1-41(2)18-14-39-35(47)26-10-12-30(32-33(26)40-29-11-9-23(44(50)51)20-27(29)34(32)46)38-13-5-15-42(3)16-6-17-43-36(48)25-8-4-7-22-19-24(45(52)53)21-28(31(22)25)37(43)49;;/h4,7-12,19-21,38H,5-6,13-18H2,1-3H3,(H,39,47)(H,40,46);2*1H. The number of nitro groups is 2. The van der Waals surface area contributed by atoms with Crippen molar-refractivity contribution in [3.8, 4) is 0 Å². The molecule has 55 heavy (non-hydrogen) atoms. The van der Waals surface area contributed by atoms with Gasteiger partial charge < -0.3 is 25.4 Å². The van der Waals surface area contributed by atoms with Crippen molar-refractivity contribution < 1.29 is 24.2 Å². The summed E-state index contributed by atoms with van der Waals surface area (Å²) in [5.41, 5.74) is 1.01. The van der Waals surface area contributed by atoms with Gasteiger partial charge in [0.2, 0.25) is 0 Å². The lowest BCUT2D eigenvalue weighted by molar-refractivity contribution is -0.384. The number of halogens is 2. The number of nitrogens with zero attached hydrogens (tertiary/aromatic N) is 5.